The van der Waals surface area contributed by atoms with Crippen molar-refractivity contribution >= 4 is 11.4 Å². The number of hydrogen-bond donors (Lipinski definition) is 0. The summed E-state index contributed by atoms with van der Waals surface area (Å²) in [5.41, 5.74) is 24.8. The first-order chi connectivity index (χ1) is 33.5. The molecule has 3 rings (SSSR count). The Bertz CT molecular complexity index is 1740. The summed E-state index contributed by atoms with van der Waals surface area (Å²) < 4.78 is 1.60. The second-order valence-corrected chi connectivity index (χ2v) is 21.3. The smallest absolute Gasteiger partial charge is 0.223 e. The molecule has 0 aliphatic carbocycles. The molecule has 382 valence electrons. The standard InChI is InChI=1S/C66H108N2/c1-7-13-19-20-21-22-23-24-25-26-27-28-29-30-31-32-33-34-35-36-37-38-39-40-41-44-50-64-63(49-18-12-6)65(61-53-57(45-16-10-4)51-59(55-61)47-42-14-8-2)68(67)66(64)62-54-58(46-17-11-5)52-60(56-62)48-43-15-9-3/h51-56H,7-43,45-49H2,1-6H3. The molecule has 1 heterocycles. The van der Waals surface area contributed by atoms with Crippen LogP contribution in [-0.4, -0.2) is 4.70 Å². The lowest BCUT2D eigenvalue weighted by molar-refractivity contribution is -0.345. The summed E-state index contributed by atoms with van der Waals surface area (Å²) in [4.78, 5) is 0. The SMILES string of the molecule is CCCCCCCCCCCCCCCCCCCCCCCCCCC#CC1=C(c2cc(CCCC)cc(CCCCC)c2)[N+](=[N-])C(c2cc(CCCC)cc(CCCCC)c2)=C1CCCC. The van der Waals surface area contributed by atoms with E-state index in [1.54, 1.807) is 4.70 Å². The Morgan fingerprint density at radius 2 is 0.618 bits per heavy atom. The van der Waals surface area contributed by atoms with E-state index in [0.717, 1.165) is 80.3 Å². The first kappa shape index (κ1) is 59.4. The first-order valence-corrected chi connectivity index (χ1v) is 30.2. The Morgan fingerprint density at radius 3 is 0.985 bits per heavy atom. The van der Waals surface area contributed by atoms with Crippen LogP contribution in [0.15, 0.2) is 47.5 Å². The van der Waals surface area contributed by atoms with Crippen LogP contribution in [0, 0.1) is 11.8 Å². The van der Waals surface area contributed by atoms with Gasteiger partial charge in [0, 0.05) is 23.1 Å². The number of allylic oxidation sites excluding steroid dienone is 2. The fraction of sp³-hybridized carbons (Fsp3) is 0.727. The van der Waals surface area contributed by atoms with E-state index in [1.165, 1.54) is 245 Å². The normalized spacial score (nSPS) is 12.8. The molecule has 2 nitrogen and oxygen atoms in total. The Kier molecular flexibility index (Phi) is 34.7. The van der Waals surface area contributed by atoms with Crippen molar-refractivity contribution in [3.63, 3.8) is 0 Å². The van der Waals surface area contributed by atoms with Crippen LogP contribution in [0.5, 0.6) is 0 Å². The predicted octanol–water partition coefficient (Wildman–Crippen LogP) is 22.0. The van der Waals surface area contributed by atoms with Crippen LogP contribution in [0.4, 0.5) is 0 Å². The summed E-state index contributed by atoms with van der Waals surface area (Å²) in [6.45, 7) is 13.8. The number of unbranched alkanes of at least 4 members (excludes halogenated alkanes) is 31. The second kappa shape index (κ2) is 39.8. The molecular formula is C66H108N2. The largest absolute Gasteiger partial charge is 0.493 e. The van der Waals surface area contributed by atoms with E-state index in [-0.39, 0.29) is 0 Å². The van der Waals surface area contributed by atoms with Gasteiger partial charge >= 0.3 is 0 Å². The molecule has 0 amide bonds. The lowest BCUT2D eigenvalue weighted by Crippen LogP contribution is -2.05. The highest BCUT2D eigenvalue weighted by Crippen LogP contribution is 2.43. The van der Waals surface area contributed by atoms with Crippen LogP contribution in [0.1, 0.15) is 319 Å². The highest BCUT2D eigenvalue weighted by molar-refractivity contribution is 5.86. The van der Waals surface area contributed by atoms with Crippen molar-refractivity contribution in [1.82, 2.24) is 0 Å². The van der Waals surface area contributed by atoms with Crippen molar-refractivity contribution in [2.24, 2.45) is 0 Å². The van der Waals surface area contributed by atoms with Gasteiger partial charge < -0.3 is 5.53 Å². The van der Waals surface area contributed by atoms with Gasteiger partial charge in [0.2, 0.25) is 11.4 Å². The highest BCUT2D eigenvalue weighted by atomic mass is 15.2. The minimum Gasteiger partial charge on any atom is -0.493 e. The molecule has 1 aliphatic rings. The quantitative estimate of drug-likeness (QED) is 0.0360. The van der Waals surface area contributed by atoms with Gasteiger partial charge in [0.25, 0.3) is 0 Å². The summed E-state index contributed by atoms with van der Waals surface area (Å²) >= 11 is 0. The van der Waals surface area contributed by atoms with E-state index in [1.807, 2.05) is 0 Å². The van der Waals surface area contributed by atoms with Crippen LogP contribution in [0.25, 0.3) is 16.9 Å². The molecule has 2 heteroatoms. The van der Waals surface area contributed by atoms with Gasteiger partial charge in [0.15, 0.2) is 0 Å². The van der Waals surface area contributed by atoms with Gasteiger partial charge in [-0.15, -0.1) is 0 Å². The van der Waals surface area contributed by atoms with Gasteiger partial charge in [0.1, 0.15) is 5.57 Å². The van der Waals surface area contributed by atoms with Gasteiger partial charge in [-0.3, -0.25) is 0 Å². The highest BCUT2D eigenvalue weighted by Gasteiger charge is 2.35. The minimum absolute atomic E-state index is 0.916. The van der Waals surface area contributed by atoms with Crippen molar-refractivity contribution in [3.8, 4) is 11.8 Å². The van der Waals surface area contributed by atoms with E-state index in [4.69, 9.17) is 0 Å². The number of hydrogen-bond acceptors (Lipinski definition) is 0. The van der Waals surface area contributed by atoms with Crippen LogP contribution in [-0.2, 0) is 25.7 Å². The molecule has 0 saturated carbocycles. The molecule has 0 bridgehead atoms. The molecule has 0 atom stereocenters. The first-order valence-electron chi connectivity index (χ1n) is 30.2. The lowest BCUT2D eigenvalue weighted by Gasteiger charge is -2.14. The molecule has 68 heavy (non-hydrogen) atoms. The topological polar surface area (TPSA) is 25.3 Å². The Labute approximate surface area is 423 Å². The summed E-state index contributed by atoms with van der Waals surface area (Å²) in [6, 6.07) is 14.5. The van der Waals surface area contributed by atoms with Crippen molar-refractivity contribution in [3.05, 3.63) is 86.5 Å². The number of benzene rings is 2. The molecule has 0 spiro atoms. The van der Waals surface area contributed by atoms with E-state index >= 15 is 0 Å². The number of aryl methyl sites for hydroxylation is 4. The van der Waals surface area contributed by atoms with Gasteiger partial charge in [-0.2, -0.15) is 0 Å². The molecule has 0 aromatic heterocycles. The summed E-state index contributed by atoms with van der Waals surface area (Å²) in [5.74, 6) is 7.50. The zero-order chi connectivity index (χ0) is 48.7. The van der Waals surface area contributed by atoms with Crippen molar-refractivity contribution in [2.45, 2.75) is 311 Å². The van der Waals surface area contributed by atoms with Gasteiger partial charge in [-0.05, 0) is 117 Å². The molecule has 0 unspecified atom stereocenters. The van der Waals surface area contributed by atoms with Crippen LogP contribution in [0.3, 0.4) is 0 Å². The molecule has 2 aromatic carbocycles. The van der Waals surface area contributed by atoms with Crippen molar-refractivity contribution < 1.29 is 4.70 Å². The maximum absolute atomic E-state index is 12.7. The molecule has 0 fully saturated rings. The molecule has 0 radical (unpaired) electrons. The average molecular weight is 930 g/mol. The summed E-state index contributed by atoms with van der Waals surface area (Å²) in [7, 11) is 0. The third kappa shape index (κ3) is 24.8. The van der Waals surface area contributed by atoms with Crippen molar-refractivity contribution in [1.29, 1.82) is 0 Å². The summed E-state index contributed by atoms with van der Waals surface area (Å²) in [5, 5.41) is 0. The Morgan fingerprint density at radius 1 is 0.324 bits per heavy atom. The van der Waals surface area contributed by atoms with E-state index < -0.39 is 0 Å². The van der Waals surface area contributed by atoms with Crippen LogP contribution >= 0.6 is 0 Å². The molecule has 0 saturated heterocycles. The lowest BCUT2D eigenvalue weighted by atomic mass is 9.92. The third-order valence-corrected chi connectivity index (χ3v) is 14.8. The van der Waals surface area contributed by atoms with Crippen LogP contribution in [0.2, 0.25) is 0 Å². The molecular weight excluding hydrogens is 821 g/mol. The molecule has 1 aliphatic heterocycles. The van der Waals surface area contributed by atoms with E-state index in [0.29, 0.717) is 0 Å². The zero-order valence-electron chi connectivity index (χ0n) is 46.1. The van der Waals surface area contributed by atoms with Crippen molar-refractivity contribution in [2.75, 3.05) is 0 Å². The number of nitrogens with zero attached hydrogens (tertiary/aromatic N) is 2. The monoisotopic (exact) mass is 929 g/mol. The Hall–Kier alpha value is -2.92. The summed E-state index contributed by atoms with van der Waals surface area (Å²) in [6.07, 6.45) is 54.5. The fourth-order valence-corrected chi connectivity index (χ4v) is 10.5. The second-order valence-electron chi connectivity index (χ2n) is 21.3. The predicted molar refractivity (Wildman–Crippen MR) is 302 cm³/mol. The van der Waals surface area contributed by atoms with Gasteiger partial charge in [-0.1, -0.05) is 258 Å². The Balaban J connectivity index is 1.61. The minimum atomic E-state index is 0.916. The van der Waals surface area contributed by atoms with Crippen LogP contribution < -0.4 is 0 Å². The zero-order valence-corrected chi connectivity index (χ0v) is 46.1. The maximum atomic E-state index is 12.7. The average Bonchev–Trinajstić information content (AvgIpc) is 3.62. The maximum Gasteiger partial charge on any atom is 0.223 e. The van der Waals surface area contributed by atoms with Gasteiger partial charge in [-0.25, -0.2) is 4.70 Å². The fourth-order valence-electron chi connectivity index (χ4n) is 10.5. The molecule has 0 N–H and O–H groups in total. The molecule has 2 aromatic rings. The van der Waals surface area contributed by atoms with Gasteiger partial charge in [0.05, 0.1) is 0 Å². The van der Waals surface area contributed by atoms with E-state index in [2.05, 4.69) is 89.8 Å². The number of rotatable bonds is 43. The van der Waals surface area contributed by atoms with E-state index in [9.17, 15) is 5.53 Å². The third-order valence-electron chi connectivity index (χ3n) is 14.8.